The van der Waals surface area contributed by atoms with Crippen LogP contribution in [-0.4, -0.2) is 43.4 Å². The number of sulfonamides is 1. The summed E-state index contributed by atoms with van der Waals surface area (Å²) in [4.78, 5) is -0.251. The molecule has 0 aliphatic carbocycles. The van der Waals surface area contributed by atoms with Crippen LogP contribution in [0.5, 0.6) is 0 Å². The van der Waals surface area contributed by atoms with Crippen LogP contribution in [0.2, 0.25) is 0 Å². The van der Waals surface area contributed by atoms with E-state index in [-0.39, 0.29) is 30.2 Å². The normalized spacial score (nSPS) is 24.8. The van der Waals surface area contributed by atoms with Gasteiger partial charge in [-0.15, -0.1) is 0 Å². The maximum atomic E-state index is 13.2. The van der Waals surface area contributed by atoms with Crippen molar-refractivity contribution in [3.63, 3.8) is 0 Å². The molecular weight excluding hydrogens is 356 g/mol. The van der Waals surface area contributed by atoms with E-state index in [1.807, 2.05) is 0 Å². The predicted molar refractivity (Wildman–Crippen MR) is 73.2 cm³/mol. The molecule has 4 nitrogen and oxygen atoms in total. The van der Waals surface area contributed by atoms with E-state index in [1.165, 1.54) is 4.31 Å². The number of ether oxygens (including phenoxy) is 1. The summed E-state index contributed by atoms with van der Waals surface area (Å²) >= 11 is 3.25. The second-order valence-electron chi connectivity index (χ2n) is 4.61. The molecule has 0 saturated carbocycles. The van der Waals surface area contributed by atoms with Crippen molar-refractivity contribution < 1.29 is 21.9 Å². The highest BCUT2D eigenvalue weighted by Crippen LogP contribution is 2.24. The predicted octanol–water partition coefficient (Wildman–Crippen LogP) is 2.14. The molecule has 20 heavy (non-hydrogen) atoms. The van der Waals surface area contributed by atoms with Crippen LogP contribution in [-0.2, 0) is 14.8 Å². The van der Waals surface area contributed by atoms with Gasteiger partial charge in [-0.05, 0) is 25.1 Å². The van der Waals surface area contributed by atoms with E-state index in [2.05, 4.69) is 15.9 Å². The van der Waals surface area contributed by atoms with Crippen LogP contribution in [0.4, 0.5) is 8.78 Å². The van der Waals surface area contributed by atoms with Crippen molar-refractivity contribution in [2.45, 2.75) is 24.0 Å². The molecule has 1 saturated heterocycles. The molecule has 0 radical (unpaired) electrons. The van der Waals surface area contributed by atoms with E-state index in [0.29, 0.717) is 11.4 Å². The Morgan fingerprint density at radius 2 is 2.10 bits per heavy atom. The summed E-state index contributed by atoms with van der Waals surface area (Å²) < 4.78 is 57.8. The molecule has 0 aromatic heterocycles. The van der Waals surface area contributed by atoms with E-state index < -0.39 is 21.7 Å². The average Bonchev–Trinajstić information content (AvgIpc) is 2.42. The standard InChI is InChI=1S/C12H14BrF2NO3S/c1-8-7-19-9(5-13)6-16(8)20(17,18)10-2-3-11(14)12(15)4-10/h2-4,8-9H,5-7H2,1H3. The van der Waals surface area contributed by atoms with Gasteiger partial charge >= 0.3 is 0 Å². The molecule has 1 aromatic carbocycles. The number of benzene rings is 1. The molecule has 1 fully saturated rings. The van der Waals surface area contributed by atoms with Gasteiger partial charge in [-0.2, -0.15) is 4.31 Å². The zero-order valence-corrected chi connectivity index (χ0v) is 13.1. The highest BCUT2D eigenvalue weighted by atomic mass is 79.9. The van der Waals surface area contributed by atoms with Gasteiger partial charge in [0.25, 0.3) is 0 Å². The third-order valence-electron chi connectivity index (χ3n) is 3.12. The number of alkyl halides is 1. The number of rotatable bonds is 3. The van der Waals surface area contributed by atoms with E-state index in [9.17, 15) is 17.2 Å². The lowest BCUT2D eigenvalue weighted by Crippen LogP contribution is -2.51. The lowest BCUT2D eigenvalue weighted by Gasteiger charge is -2.36. The molecule has 2 unspecified atom stereocenters. The van der Waals surface area contributed by atoms with Crippen molar-refractivity contribution >= 4 is 26.0 Å². The maximum absolute atomic E-state index is 13.2. The van der Waals surface area contributed by atoms with Crippen molar-refractivity contribution in [1.29, 1.82) is 0 Å². The molecule has 1 aliphatic rings. The molecule has 2 rings (SSSR count). The molecule has 1 heterocycles. The van der Waals surface area contributed by atoms with Crippen molar-refractivity contribution in [3.05, 3.63) is 29.8 Å². The summed E-state index contributed by atoms with van der Waals surface area (Å²) in [5.74, 6) is -2.25. The first-order valence-electron chi connectivity index (χ1n) is 6.00. The average molecular weight is 370 g/mol. The SMILES string of the molecule is CC1COC(CBr)CN1S(=O)(=O)c1ccc(F)c(F)c1. The summed E-state index contributed by atoms with van der Waals surface area (Å²) in [6.07, 6.45) is -0.258. The molecule has 1 aliphatic heterocycles. The van der Waals surface area contributed by atoms with Gasteiger partial charge in [0.15, 0.2) is 11.6 Å². The molecule has 0 N–H and O–H groups in total. The quantitative estimate of drug-likeness (QED) is 0.766. The van der Waals surface area contributed by atoms with E-state index in [1.54, 1.807) is 6.92 Å². The Morgan fingerprint density at radius 3 is 2.70 bits per heavy atom. The van der Waals surface area contributed by atoms with Gasteiger partial charge in [0.2, 0.25) is 10.0 Å². The number of hydrogen-bond acceptors (Lipinski definition) is 3. The molecule has 8 heteroatoms. The Balaban J connectivity index is 2.35. The Labute approximate surface area is 124 Å². The maximum Gasteiger partial charge on any atom is 0.243 e. The van der Waals surface area contributed by atoms with Gasteiger partial charge in [0.1, 0.15) is 0 Å². The Morgan fingerprint density at radius 1 is 1.40 bits per heavy atom. The van der Waals surface area contributed by atoms with Crippen LogP contribution in [0, 0.1) is 11.6 Å². The van der Waals surface area contributed by atoms with Crippen LogP contribution < -0.4 is 0 Å². The van der Waals surface area contributed by atoms with Crippen LogP contribution in [0.3, 0.4) is 0 Å². The number of hydrogen-bond donors (Lipinski definition) is 0. The molecule has 0 spiro atoms. The molecule has 112 valence electrons. The van der Waals surface area contributed by atoms with Gasteiger partial charge in [0.05, 0.1) is 17.6 Å². The Bertz CT molecular complexity index is 596. The van der Waals surface area contributed by atoms with Gasteiger partial charge in [-0.1, -0.05) is 15.9 Å². The largest absolute Gasteiger partial charge is 0.374 e. The molecule has 0 amide bonds. The molecule has 0 bridgehead atoms. The topological polar surface area (TPSA) is 46.6 Å². The van der Waals surface area contributed by atoms with Crippen molar-refractivity contribution in [3.8, 4) is 0 Å². The lowest BCUT2D eigenvalue weighted by molar-refractivity contribution is -0.0139. The zero-order valence-electron chi connectivity index (χ0n) is 10.7. The van der Waals surface area contributed by atoms with Crippen molar-refractivity contribution in [1.82, 2.24) is 4.31 Å². The van der Waals surface area contributed by atoms with Crippen LogP contribution >= 0.6 is 15.9 Å². The molecular formula is C12H14BrF2NO3S. The third-order valence-corrected chi connectivity index (χ3v) is 5.82. The fraction of sp³-hybridized carbons (Fsp3) is 0.500. The number of halogens is 3. The first-order valence-corrected chi connectivity index (χ1v) is 8.57. The Hall–Kier alpha value is -0.570. The highest BCUT2D eigenvalue weighted by molar-refractivity contribution is 9.09. The fourth-order valence-corrected chi connectivity index (χ4v) is 4.04. The lowest BCUT2D eigenvalue weighted by atomic mass is 10.2. The minimum atomic E-state index is -3.87. The monoisotopic (exact) mass is 369 g/mol. The third kappa shape index (κ3) is 3.03. The van der Waals surface area contributed by atoms with Crippen molar-refractivity contribution in [2.24, 2.45) is 0 Å². The smallest absolute Gasteiger partial charge is 0.243 e. The summed E-state index contributed by atoms with van der Waals surface area (Å²) in [6, 6.07) is 2.23. The Kier molecular flexibility index (Phi) is 4.78. The summed E-state index contributed by atoms with van der Waals surface area (Å²) in [5.41, 5.74) is 0. The number of morpholine rings is 1. The van der Waals surface area contributed by atoms with Gasteiger partial charge in [0, 0.05) is 17.9 Å². The first-order chi connectivity index (χ1) is 9.36. The summed E-state index contributed by atoms with van der Waals surface area (Å²) in [6.45, 7) is 2.15. The minimum absolute atomic E-state index is 0.174. The van der Waals surface area contributed by atoms with Gasteiger partial charge in [-0.3, -0.25) is 0 Å². The fourth-order valence-electron chi connectivity index (χ4n) is 1.99. The highest BCUT2D eigenvalue weighted by Gasteiger charge is 2.35. The van der Waals surface area contributed by atoms with Crippen LogP contribution in [0.25, 0.3) is 0 Å². The molecule has 2 atom stereocenters. The molecule has 1 aromatic rings. The summed E-state index contributed by atoms with van der Waals surface area (Å²) in [7, 11) is -3.87. The second-order valence-corrected chi connectivity index (χ2v) is 7.15. The van der Waals surface area contributed by atoms with E-state index in [0.717, 1.165) is 12.1 Å². The van der Waals surface area contributed by atoms with Gasteiger partial charge in [-0.25, -0.2) is 17.2 Å². The number of nitrogens with zero attached hydrogens (tertiary/aromatic N) is 1. The summed E-state index contributed by atoms with van der Waals surface area (Å²) in [5, 5.41) is 0.503. The first kappa shape index (κ1) is 15.8. The van der Waals surface area contributed by atoms with Gasteiger partial charge < -0.3 is 4.74 Å². The van der Waals surface area contributed by atoms with E-state index >= 15 is 0 Å². The van der Waals surface area contributed by atoms with Crippen molar-refractivity contribution in [2.75, 3.05) is 18.5 Å². The van der Waals surface area contributed by atoms with Crippen LogP contribution in [0.15, 0.2) is 23.1 Å². The van der Waals surface area contributed by atoms with E-state index in [4.69, 9.17) is 4.74 Å². The second kappa shape index (κ2) is 6.05. The minimum Gasteiger partial charge on any atom is -0.374 e. The zero-order chi connectivity index (χ0) is 14.9. The van der Waals surface area contributed by atoms with Crippen LogP contribution in [0.1, 0.15) is 6.92 Å².